The number of hydrogen-bond acceptors (Lipinski definition) is 2. The lowest BCUT2D eigenvalue weighted by molar-refractivity contribution is -0.122. The molecule has 0 spiro atoms. The molecule has 0 saturated heterocycles. The van der Waals surface area contributed by atoms with Crippen molar-refractivity contribution >= 4 is 16.8 Å². The van der Waals surface area contributed by atoms with Gasteiger partial charge in [-0.05, 0) is 72.9 Å². The number of H-pyrrole nitrogens is 1. The standard InChI is InChI=1S/C21H21F2N3O/c22-13-3-1-12(2-4-13)21-17(18-9-14(23)5-7-19(18)26-21)6-8-20(27)25-16-10-15(24)11-16/h1-5,7,9,15-16,26H,6,8,10-11,24H2,(H,25,27). The Morgan fingerprint density at radius 3 is 2.52 bits per heavy atom. The van der Waals surface area contributed by atoms with Crippen molar-refractivity contribution < 1.29 is 13.6 Å². The number of aromatic amines is 1. The average molecular weight is 369 g/mol. The van der Waals surface area contributed by atoms with Crippen LogP contribution in [0.5, 0.6) is 0 Å². The van der Waals surface area contributed by atoms with Crippen molar-refractivity contribution in [2.24, 2.45) is 5.73 Å². The summed E-state index contributed by atoms with van der Waals surface area (Å²) in [6.45, 7) is 0. The fraction of sp³-hybridized carbons (Fsp3) is 0.286. The number of hydrogen-bond donors (Lipinski definition) is 3. The smallest absolute Gasteiger partial charge is 0.220 e. The van der Waals surface area contributed by atoms with E-state index in [4.69, 9.17) is 5.73 Å². The number of rotatable bonds is 5. The summed E-state index contributed by atoms with van der Waals surface area (Å²) in [4.78, 5) is 15.5. The maximum absolute atomic E-state index is 13.8. The van der Waals surface area contributed by atoms with Crippen LogP contribution in [0.25, 0.3) is 22.2 Å². The summed E-state index contributed by atoms with van der Waals surface area (Å²) >= 11 is 0. The molecule has 0 aliphatic heterocycles. The highest BCUT2D eigenvalue weighted by atomic mass is 19.1. The molecule has 1 saturated carbocycles. The summed E-state index contributed by atoms with van der Waals surface area (Å²) in [7, 11) is 0. The Hall–Kier alpha value is -2.73. The molecule has 0 atom stereocenters. The topological polar surface area (TPSA) is 70.9 Å². The van der Waals surface area contributed by atoms with Gasteiger partial charge in [0.2, 0.25) is 5.91 Å². The molecular weight excluding hydrogens is 348 g/mol. The molecule has 1 amide bonds. The zero-order valence-electron chi connectivity index (χ0n) is 14.8. The molecule has 1 fully saturated rings. The van der Waals surface area contributed by atoms with E-state index < -0.39 is 0 Å². The molecule has 1 aromatic heterocycles. The molecule has 4 rings (SSSR count). The van der Waals surface area contributed by atoms with E-state index in [0.717, 1.165) is 40.6 Å². The van der Waals surface area contributed by atoms with Crippen molar-refractivity contribution in [1.29, 1.82) is 0 Å². The van der Waals surface area contributed by atoms with Gasteiger partial charge in [0.05, 0.1) is 0 Å². The first-order valence-corrected chi connectivity index (χ1v) is 9.10. The number of nitrogens with one attached hydrogen (secondary N) is 2. The number of amides is 1. The van der Waals surface area contributed by atoms with Gasteiger partial charge in [0.15, 0.2) is 0 Å². The fourth-order valence-electron chi connectivity index (χ4n) is 3.66. The predicted octanol–water partition coefficient (Wildman–Crippen LogP) is 3.65. The lowest BCUT2D eigenvalue weighted by atomic mass is 9.87. The number of carbonyl (C=O) groups is 1. The van der Waals surface area contributed by atoms with Gasteiger partial charge in [0.1, 0.15) is 11.6 Å². The van der Waals surface area contributed by atoms with Crippen LogP contribution in [0.2, 0.25) is 0 Å². The van der Waals surface area contributed by atoms with E-state index in [2.05, 4.69) is 10.3 Å². The lowest BCUT2D eigenvalue weighted by Crippen LogP contribution is -2.50. The second-order valence-electron chi connectivity index (χ2n) is 7.17. The second kappa shape index (κ2) is 7.12. The minimum absolute atomic E-state index is 0.0392. The minimum Gasteiger partial charge on any atom is -0.354 e. The van der Waals surface area contributed by atoms with Crippen molar-refractivity contribution in [3.63, 3.8) is 0 Å². The summed E-state index contributed by atoms with van der Waals surface area (Å²) < 4.78 is 27.1. The molecule has 0 unspecified atom stereocenters. The molecule has 1 aliphatic carbocycles. The molecule has 0 radical (unpaired) electrons. The zero-order valence-corrected chi connectivity index (χ0v) is 14.8. The Morgan fingerprint density at radius 1 is 1.11 bits per heavy atom. The van der Waals surface area contributed by atoms with E-state index in [1.807, 2.05) is 0 Å². The molecule has 1 aliphatic rings. The normalized spacial score (nSPS) is 19.1. The van der Waals surface area contributed by atoms with E-state index in [9.17, 15) is 13.6 Å². The monoisotopic (exact) mass is 369 g/mol. The van der Waals surface area contributed by atoms with Crippen molar-refractivity contribution in [3.05, 3.63) is 59.7 Å². The molecule has 4 nitrogen and oxygen atoms in total. The summed E-state index contributed by atoms with van der Waals surface area (Å²) in [6, 6.07) is 11.0. The van der Waals surface area contributed by atoms with Gasteiger partial charge in [0.25, 0.3) is 0 Å². The highest BCUT2D eigenvalue weighted by Crippen LogP contribution is 2.32. The third-order valence-electron chi connectivity index (χ3n) is 5.14. The number of halogens is 2. The largest absolute Gasteiger partial charge is 0.354 e. The molecular formula is C21H21F2N3O. The fourth-order valence-corrected chi connectivity index (χ4v) is 3.66. The van der Waals surface area contributed by atoms with Crippen LogP contribution in [0, 0.1) is 11.6 Å². The number of aryl methyl sites for hydroxylation is 1. The minimum atomic E-state index is -0.332. The first-order valence-electron chi connectivity index (χ1n) is 9.10. The predicted molar refractivity (Wildman–Crippen MR) is 101 cm³/mol. The second-order valence-corrected chi connectivity index (χ2v) is 7.17. The Balaban J connectivity index is 1.61. The summed E-state index contributed by atoms with van der Waals surface area (Å²) in [5.41, 5.74) is 8.98. The maximum Gasteiger partial charge on any atom is 0.220 e. The highest BCUT2D eigenvalue weighted by Gasteiger charge is 2.27. The van der Waals surface area contributed by atoms with E-state index >= 15 is 0 Å². The summed E-state index contributed by atoms with van der Waals surface area (Å²) in [5, 5.41) is 3.73. The van der Waals surface area contributed by atoms with Crippen LogP contribution < -0.4 is 11.1 Å². The molecule has 3 aromatic rings. The van der Waals surface area contributed by atoms with Gasteiger partial charge in [-0.25, -0.2) is 8.78 Å². The number of fused-ring (bicyclic) bond motifs is 1. The first-order chi connectivity index (χ1) is 13.0. The SMILES string of the molecule is NC1CC(NC(=O)CCc2c(-c3ccc(F)cc3)[nH]c3ccc(F)cc23)C1. The number of carbonyl (C=O) groups excluding carboxylic acids is 1. The third kappa shape index (κ3) is 3.71. The molecule has 27 heavy (non-hydrogen) atoms. The average Bonchev–Trinajstić information content (AvgIpc) is 2.97. The van der Waals surface area contributed by atoms with Gasteiger partial charge < -0.3 is 16.0 Å². The highest BCUT2D eigenvalue weighted by molar-refractivity contribution is 5.91. The van der Waals surface area contributed by atoms with Gasteiger partial charge >= 0.3 is 0 Å². The molecule has 1 heterocycles. The Morgan fingerprint density at radius 2 is 1.81 bits per heavy atom. The van der Waals surface area contributed by atoms with Gasteiger partial charge in [-0.15, -0.1) is 0 Å². The Labute approximate surface area is 155 Å². The zero-order chi connectivity index (χ0) is 19.0. The van der Waals surface area contributed by atoms with Crippen LogP contribution in [0.4, 0.5) is 8.78 Å². The van der Waals surface area contributed by atoms with Gasteiger partial charge in [-0.3, -0.25) is 4.79 Å². The molecule has 2 aromatic carbocycles. The molecule has 4 N–H and O–H groups in total. The molecule has 6 heteroatoms. The van der Waals surface area contributed by atoms with E-state index in [1.54, 1.807) is 18.2 Å². The van der Waals surface area contributed by atoms with Crippen LogP contribution in [-0.2, 0) is 11.2 Å². The van der Waals surface area contributed by atoms with E-state index in [1.165, 1.54) is 24.3 Å². The number of aromatic nitrogens is 1. The Kier molecular flexibility index (Phi) is 4.66. The quantitative estimate of drug-likeness (QED) is 0.642. The first kappa shape index (κ1) is 17.7. The maximum atomic E-state index is 13.8. The van der Waals surface area contributed by atoms with Crippen molar-refractivity contribution in [3.8, 4) is 11.3 Å². The third-order valence-corrected chi connectivity index (χ3v) is 5.14. The van der Waals surface area contributed by atoms with Crippen LogP contribution in [0.1, 0.15) is 24.8 Å². The molecule has 140 valence electrons. The van der Waals surface area contributed by atoms with Gasteiger partial charge in [-0.1, -0.05) is 0 Å². The molecule has 0 bridgehead atoms. The van der Waals surface area contributed by atoms with Crippen molar-refractivity contribution in [2.45, 2.75) is 37.8 Å². The Bertz CT molecular complexity index is 975. The van der Waals surface area contributed by atoms with E-state index in [0.29, 0.717) is 12.8 Å². The van der Waals surface area contributed by atoms with Crippen LogP contribution >= 0.6 is 0 Å². The van der Waals surface area contributed by atoms with Crippen LogP contribution in [0.3, 0.4) is 0 Å². The summed E-state index contributed by atoms with van der Waals surface area (Å²) in [5.74, 6) is -0.690. The van der Waals surface area contributed by atoms with Crippen LogP contribution in [0.15, 0.2) is 42.5 Å². The van der Waals surface area contributed by atoms with Crippen LogP contribution in [-0.4, -0.2) is 23.0 Å². The van der Waals surface area contributed by atoms with Gasteiger partial charge in [0, 0.05) is 35.1 Å². The number of benzene rings is 2. The van der Waals surface area contributed by atoms with Gasteiger partial charge in [-0.2, -0.15) is 0 Å². The van der Waals surface area contributed by atoms with Crippen molar-refractivity contribution in [1.82, 2.24) is 10.3 Å². The number of nitrogens with two attached hydrogens (primary N) is 1. The summed E-state index contributed by atoms with van der Waals surface area (Å²) in [6.07, 6.45) is 2.37. The lowest BCUT2D eigenvalue weighted by Gasteiger charge is -2.32. The van der Waals surface area contributed by atoms with E-state index in [-0.39, 0.29) is 29.6 Å². The van der Waals surface area contributed by atoms with Crippen molar-refractivity contribution in [2.75, 3.05) is 0 Å².